The van der Waals surface area contributed by atoms with Crippen molar-refractivity contribution in [1.82, 2.24) is 4.72 Å². The second kappa shape index (κ2) is 5.02. The van der Waals surface area contributed by atoms with E-state index in [9.17, 15) is 4.21 Å². The molecule has 1 aromatic rings. The number of rotatable bonds is 3. The van der Waals surface area contributed by atoms with Crippen molar-refractivity contribution < 1.29 is 4.21 Å². The van der Waals surface area contributed by atoms with Gasteiger partial charge < -0.3 is 5.32 Å². The molecule has 4 heteroatoms. The quantitative estimate of drug-likeness (QED) is 0.883. The van der Waals surface area contributed by atoms with Crippen LogP contribution in [0.3, 0.4) is 0 Å². The molecule has 0 saturated carbocycles. The number of nitrogens with one attached hydrogen (secondary N) is 2. The molecule has 0 radical (unpaired) electrons. The van der Waals surface area contributed by atoms with E-state index in [0.717, 1.165) is 18.5 Å². The summed E-state index contributed by atoms with van der Waals surface area (Å²) in [6.07, 6.45) is 2.08. The minimum atomic E-state index is -1.02. The van der Waals surface area contributed by atoms with Gasteiger partial charge in [0.2, 0.25) is 0 Å². The third kappa shape index (κ3) is 2.59. The van der Waals surface area contributed by atoms with Crippen LogP contribution >= 0.6 is 0 Å². The van der Waals surface area contributed by atoms with E-state index in [-0.39, 0.29) is 10.8 Å². The first-order valence-electron chi connectivity index (χ1n) is 6.41. The second-order valence-electron chi connectivity index (χ2n) is 5.72. The molecule has 0 aromatic heterocycles. The summed E-state index contributed by atoms with van der Waals surface area (Å²) in [5.41, 5.74) is 3.80. The molecule has 100 valence electrons. The van der Waals surface area contributed by atoms with Gasteiger partial charge in [-0.1, -0.05) is 12.1 Å². The van der Waals surface area contributed by atoms with Gasteiger partial charge in [0.15, 0.2) is 0 Å². The summed E-state index contributed by atoms with van der Waals surface area (Å²) in [5, 5.41) is 3.23. The van der Waals surface area contributed by atoms with E-state index in [1.165, 1.54) is 11.1 Å². The number of anilines is 1. The monoisotopic (exact) mass is 266 g/mol. The SMILES string of the molecule is CNc1cccc2c1[C@H](N[S@](=O)C(C)(C)C)CC2. The zero-order chi connectivity index (χ0) is 13.3. The van der Waals surface area contributed by atoms with Crippen LogP contribution < -0.4 is 10.0 Å². The molecule has 2 atom stereocenters. The molecule has 3 nitrogen and oxygen atoms in total. The number of aryl methyl sites for hydroxylation is 1. The highest BCUT2D eigenvalue weighted by molar-refractivity contribution is 7.84. The van der Waals surface area contributed by atoms with E-state index in [4.69, 9.17) is 0 Å². The Kier molecular flexibility index (Phi) is 3.78. The molecule has 18 heavy (non-hydrogen) atoms. The highest BCUT2D eigenvalue weighted by atomic mass is 32.2. The van der Waals surface area contributed by atoms with Gasteiger partial charge >= 0.3 is 0 Å². The fourth-order valence-electron chi connectivity index (χ4n) is 2.33. The van der Waals surface area contributed by atoms with Crippen LogP contribution in [0.15, 0.2) is 18.2 Å². The highest BCUT2D eigenvalue weighted by Gasteiger charge is 2.29. The second-order valence-corrected chi connectivity index (χ2v) is 7.72. The summed E-state index contributed by atoms with van der Waals surface area (Å²) < 4.78 is 15.3. The Labute approximate surface area is 112 Å². The van der Waals surface area contributed by atoms with E-state index in [1.54, 1.807) is 0 Å². The van der Waals surface area contributed by atoms with Gasteiger partial charge in [-0.15, -0.1) is 0 Å². The molecule has 0 saturated heterocycles. The topological polar surface area (TPSA) is 41.1 Å². The lowest BCUT2D eigenvalue weighted by Gasteiger charge is -2.23. The van der Waals surface area contributed by atoms with Crippen LogP contribution in [-0.4, -0.2) is 16.0 Å². The van der Waals surface area contributed by atoms with Crippen LogP contribution in [0.2, 0.25) is 0 Å². The van der Waals surface area contributed by atoms with Crippen molar-refractivity contribution >= 4 is 16.7 Å². The molecule has 2 rings (SSSR count). The predicted octanol–water partition coefficient (Wildman–Crippen LogP) is 2.77. The van der Waals surface area contributed by atoms with Gasteiger partial charge in [0.05, 0.1) is 15.7 Å². The van der Waals surface area contributed by atoms with Crippen LogP contribution in [0.5, 0.6) is 0 Å². The van der Waals surface area contributed by atoms with Crippen molar-refractivity contribution in [1.29, 1.82) is 0 Å². The van der Waals surface area contributed by atoms with Crippen LogP contribution in [-0.2, 0) is 17.4 Å². The maximum atomic E-state index is 12.2. The Bertz CT molecular complexity index is 465. The predicted molar refractivity (Wildman–Crippen MR) is 78.1 cm³/mol. The Morgan fingerprint density at radius 2 is 2.06 bits per heavy atom. The average Bonchev–Trinajstić information content (AvgIpc) is 2.71. The molecule has 0 bridgehead atoms. The zero-order valence-corrected chi connectivity index (χ0v) is 12.4. The van der Waals surface area contributed by atoms with Crippen molar-refractivity contribution in [2.24, 2.45) is 0 Å². The lowest BCUT2D eigenvalue weighted by Crippen LogP contribution is -2.35. The van der Waals surface area contributed by atoms with Crippen molar-refractivity contribution in [2.75, 3.05) is 12.4 Å². The van der Waals surface area contributed by atoms with Gasteiger partial charge in [0.1, 0.15) is 0 Å². The zero-order valence-electron chi connectivity index (χ0n) is 11.5. The fraction of sp³-hybridized carbons (Fsp3) is 0.571. The lowest BCUT2D eigenvalue weighted by atomic mass is 10.1. The standard InChI is InChI=1S/C14H22N2OS/c1-14(2,3)18(17)16-12-9-8-10-6-5-7-11(15-4)13(10)12/h5-7,12,15-16H,8-9H2,1-4H3/t12-,18-/m1/s1. The number of hydrogen-bond donors (Lipinski definition) is 2. The van der Waals surface area contributed by atoms with Crippen LogP contribution in [0, 0.1) is 0 Å². The summed E-state index contributed by atoms with van der Waals surface area (Å²) in [5.74, 6) is 0. The van der Waals surface area contributed by atoms with Crippen LogP contribution in [0.1, 0.15) is 44.4 Å². The summed E-state index contributed by atoms with van der Waals surface area (Å²) in [6.45, 7) is 5.99. The first kappa shape index (κ1) is 13.6. The van der Waals surface area contributed by atoms with E-state index in [2.05, 4.69) is 28.2 Å². The van der Waals surface area contributed by atoms with Crippen molar-refractivity contribution in [2.45, 2.75) is 44.4 Å². The number of hydrogen-bond acceptors (Lipinski definition) is 2. The number of benzene rings is 1. The van der Waals surface area contributed by atoms with E-state index in [1.807, 2.05) is 27.8 Å². The van der Waals surface area contributed by atoms with E-state index < -0.39 is 11.0 Å². The van der Waals surface area contributed by atoms with Gasteiger partial charge in [-0.2, -0.15) is 0 Å². The summed E-state index contributed by atoms with van der Waals surface area (Å²) >= 11 is 0. The van der Waals surface area contributed by atoms with Crippen LogP contribution in [0.4, 0.5) is 5.69 Å². The lowest BCUT2D eigenvalue weighted by molar-refractivity contribution is 0.596. The molecule has 0 spiro atoms. The summed E-state index contributed by atoms with van der Waals surface area (Å²) in [7, 11) is 0.914. The molecular formula is C14H22N2OS. The Morgan fingerprint density at radius 3 is 2.67 bits per heavy atom. The Morgan fingerprint density at radius 1 is 1.33 bits per heavy atom. The molecule has 0 unspecified atom stereocenters. The molecule has 0 heterocycles. The average molecular weight is 266 g/mol. The maximum absolute atomic E-state index is 12.2. The number of fused-ring (bicyclic) bond motifs is 1. The molecule has 1 aromatic carbocycles. The molecule has 0 amide bonds. The summed E-state index contributed by atoms with van der Waals surface area (Å²) in [6, 6.07) is 6.52. The molecular weight excluding hydrogens is 244 g/mol. The van der Waals surface area contributed by atoms with Gasteiger partial charge in [0.25, 0.3) is 0 Å². The minimum Gasteiger partial charge on any atom is -0.388 e. The first-order valence-corrected chi connectivity index (χ1v) is 7.56. The minimum absolute atomic E-state index is 0.198. The normalized spacial score (nSPS) is 20.6. The molecule has 1 aliphatic rings. The molecule has 0 aliphatic heterocycles. The van der Waals surface area contributed by atoms with Gasteiger partial charge in [-0.05, 0) is 50.8 Å². The van der Waals surface area contributed by atoms with Crippen LogP contribution in [0.25, 0.3) is 0 Å². The molecule has 2 N–H and O–H groups in total. The highest BCUT2D eigenvalue weighted by Crippen LogP contribution is 2.37. The van der Waals surface area contributed by atoms with Gasteiger partial charge in [0, 0.05) is 18.8 Å². The summed E-state index contributed by atoms with van der Waals surface area (Å²) in [4.78, 5) is 0. The third-order valence-electron chi connectivity index (χ3n) is 3.32. The smallest absolute Gasteiger partial charge is 0.0975 e. The van der Waals surface area contributed by atoms with Crippen molar-refractivity contribution in [3.8, 4) is 0 Å². The maximum Gasteiger partial charge on any atom is 0.0975 e. The first-order chi connectivity index (χ1) is 8.43. The Hall–Kier alpha value is -0.870. The molecule has 0 fully saturated rings. The van der Waals surface area contributed by atoms with Gasteiger partial charge in [-0.3, -0.25) is 0 Å². The van der Waals surface area contributed by atoms with E-state index in [0.29, 0.717) is 0 Å². The van der Waals surface area contributed by atoms with Crippen molar-refractivity contribution in [3.05, 3.63) is 29.3 Å². The Balaban J connectivity index is 2.24. The van der Waals surface area contributed by atoms with Crippen molar-refractivity contribution in [3.63, 3.8) is 0 Å². The van der Waals surface area contributed by atoms with E-state index >= 15 is 0 Å². The molecule has 1 aliphatic carbocycles. The third-order valence-corrected chi connectivity index (χ3v) is 4.93. The fourth-order valence-corrected chi connectivity index (χ4v) is 3.18. The van der Waals surface area contributed by atoms with Gasteiger partial charge in [-0.25, -0.2) is 8.93 Å². The largest absolute Gasteiger partial charge is 0.388 e.